The Labute approximate surface area is 131 Å². The van der Waals surface area contributed by atoms with E-state index in [2.05, 4.69) is 10.6 Å². The van der Waals surface area contributed by atoms with Crippen molar-refractivity contribution < 1.29 is 9.53 Å². The molecule has 116 valence electrons. The van der Waals surface area contributed by atoms with Gasteiger partial charge in [-0.3, -0.25) is 5.32 Å². The number of carbonyl (C=O) groups excluding carboxylic acids is 1. The van der Waals surface area contributed by atoms with Crippen molar-refractivity contribution in [2.45, 2.75) is 51.7 Å². The predicted molar refractivity (Wildman–Crippen MR) is 86.0 cm³/mol. The van der Waals surface area contributed by atoms with E-state index >= 15 is 0 Å². The summed E-state index contributed by atoms with van der Waals surface area (Å²) < 4.78 is 5.30. The van der Waals surface area contributed by atoms with Crippen molar-refractivity contribution in [3.05, 3.63) is 28.8 Å². The highest BCUT2D eigenvalue weighted by atomic mass is 35.5. The highest BCUT2D eigenvalue weighted by Crippen LogP contribution is 2.24. The Hall–Kier alpha value is -1.26. The second-order valence-corrected chi connectivity index (χ2v) is 6.86. The van der Waals surface area contributed by atoms with E-state index in [1.54, 1.807) is 6.07 Å². The first-order chi connectivity index (χ1) is 9.83. The van der Waals surface area contributed by atoms with Crippen LogP contribution in [0, 0.1) is 0 Å². The summed E-state index contributed by atoms with van der Waals surface area (Å²) in [7, 11) is 0. The van der Waals surface area contributed by atoms with Gasteiger partial charge in [0.1, 0.15) is 5.60 Å². The van der Waals surface area contributed by atoms with Crippen LogP contribution in [0.1, 0.15) is 39.2 Å². The molecule has 4 nitrogen and oxygen atoms in total. The third-order valence-corrected chi connectivity index (χ3v) is 3.57. The topological polar surface area (TPSA) is 50.4 Å². The van der Waals surface area contributed by atoms with E-state index in [4.69, 9.17) is 16.3 Å². The van der Waals surface area contributed by atoms with Crippen LogP contribution >= 0.6 is 11.6 Å². The molecule has 1 aliphatic rings. The summed E-state index contributed by atoms with van der Waals surface area (Å²) in [6, 6.07) is 5.97. The molecule has 1 aromatic rings. The number of benzene rings is 1. The lowest BCUT2D eigenvalue weighted by atomic mass is 10.0. The van der Waals surface area contributed by atoms with Gasteiger partial charge < -0.3 is 10.1 Å². The Balaban J connectivity index is 2.08. The fourth-order valence-corrected chi connectivity index (χ4v) is 2.66. The first kappa shape index (κ1) is 16.1. The van der Waals surface area contributed by atoms with Gasteiger partial charge in [0.25, 0.3) is 0 Å². The molecule has 0 saturated carbocycles. The fourth-order valence-electron chi connectivity index (χ4n) is 2.46. The Kier molecular flexibility index (Phi) is 5.12. The van der Waals surface area contributed by atoms with Crippen molar-refractivity contribution in [2.24, 2.45) is 0 Å². The molecule has 5 heteroatoms. The van der Waals surface area contributed by atoms with Crippen LogP contribution in [-0.4, -0.2) is 24.3 Å². The lowest BCUT2D eigenvalue weighted by Gasteiger charge is -2.21. The van der Waals surface area contributed by atoms with Gasteiger partial charge in [0.15, 0.2) is 0 Å². The van der Waals surface area contributed by atoms with E-state index in [0.717, 1.165) is 30.6 Å². The zero-order chi connectivity index (χ0) is 15.5. The summed E-state index contributed by atoms with van der Waals surface area (Å²) in [5.41, 5.74) is 1.29. The van der Waals surface area contributed by atoms with Crippen LogP contribution in [-0.2, 0) is 11.2 Å². The molecule has 1 aromatic carbocycles. The maximum atomic E-state index is 11.9. The minimum Gasteiger partial charge on any atom is -0.444 e. The van der Waals surface area contributed by atoms with Crippen LogP contribution in [0.25, 0.3) is 0 Å². The van der Waals surface area contributed by atoms with E-state index in [9.17, 15) is 4.79 Å². The molecule has 1 amide bonds. The van der Waals surface area contributed by atoms with E-state index in [1.807, 2.05) is 32.9 Å². The molecule has 0 aromatic heterocycles. The van der Waals surface area contributed by atoms with Gasteiger partial charge in [0.2, 0.25) is 0 Å². The summed E-state index contributed by atoms with van der Waals surface area (Å²) in [6.45, 7) is 6.59. The zero-order valence-corrected chi connectivity index (χ0v) is 13.6. The molecule has 1 saturated heterocycles. The standard InChI is InChI=1S/C16H23ClN2O2/c1-16(2,3)21-15(20)19-14-7-6-12(17)9-11(14)10-13-5-4-8-18-13/h6-7,9,13,18H,4-5,8,10H2,1-3H3,(H,19,20). The molecule has 2 N–H and O–H groups in total. The van der Waals surface area contributed by atoms with Gasteiger partial charge in [0.05, 0.1) is 0 Å². The van der Waals surface area contributed by atoms with E-state index in [-0.39, 0.29) is 0 Å². The molecule has 0 bridgehead atoms. The number of ether oxygens (including phenoxy) is 1. The quantitative estimate of drug-likeness (QED) is 0.887. The van der Waals surface area contributed by atoms with Crippen LogP contribution in [0.3, 0.4) is 0 Å². The van der Waals surface area contributed by atoms with E-state index < -0.39 is 11.7 Å². The van der Waals surface area contributed by atoms with Crippen LogP contribution in [0.15, 0.2) is 18.2 Å². The highest BCUT2D eigenvalue weighted by molar-refractivity contribution is 6.30. The van der Waals surface area contributed by atoms with Gasteiger partial charge in [-0.15, -0.1) is 0 Å². The fraction of sp³-hybridized carbons (Fsp3) is 0.562. The normalized spacial score (nSPS) is 18.6. The van der Waals surface area contributed by atoms with Crippen LogP contribution in [0.4, 0.5) is 10.5 Å². The number of hydrogen-bond donors (Lipinski definition) is 2. The number of halogens is 1. The smallest absolute Gasteiger partial charge is 0.412 e. The third-order valence-electron chi connectivity index (χ3n) is 3.33. The molecule has 2 rings (SSSR count). The molecular weight excluding hydrogens is 288 g/mol. The third kappa shape index (κ3) is 5.21. The molecule has 0 aliphatic carbocycles. The number of hydrogen-bond acceptors (Lipinski definition) is 3. The number of rotatable bonds is 3. The molecule has 1 fully saturated rings. The Bertz CT molecular complexity index is 505. The lowest BCUT2D eigenvalue weighted by Crippen LogP contribution is -2.28. The minimum absolute atomic E-state index is 0.439. The maximum Gasteiger partial charge on any atom is 0.412 e. The maximum absolute atomic E-state index is 11.9. The van der Waals surface area contributed by atoms with Gasteiger partial charge in [-0.1, -0.05) is 11.6 Å². The van der Waals surface area contributed by atoms with Gasteiger partial charge in [-0.25, -0.2) is 4.79 Å². The number of anilines is 1. The number of nitrogens with one attached hydrogen (secondary N) is 2. The summed E-state index contributed by atoms with van der Waals surface area (Å²) in [5.74, 6) is 0. The van der Waals surface area contributed by atoms with Crippen LogP contribution < -0.4 is 10.6 Å². The van der Waals surface area contributed by atoms with Crippen molar-refractivity contribution in [1.29, 1.82) is 0 Å². The second-order valence-electron chi connectivity index (χ2n) is 6.43. The SMILES string of the molecule is CC(C)(C)OC(=O)Nc1ccc(Cl)cc1CC1CCCN1. The van der Waals surface area contributed by atoms with Crippen molar-refractivity contribution in [3.8, 4) is 0 Å². The minimum atomic E-state index is -0.510. The number of amides is 1. The van der Waals surface area contributed by atoms with Crippen molar-refractivity contribution in [2.75, 3.05) is 11.9 Å². The van der Waals surface area contributed by atoms with Gasteiger partial charge >= 0.3 is 6.09 Å². The average Bonchev–Trinajstić information content (AvgIpc) is 2.83. The molecular formula is C16H23ClN2O2. The largest absolute Gasteiger partial charge is 0.444 e. The van der Waals surface area contributed by atoms with Gasteiger partial charge in [-0.05, 0) is 70.3 Å². The van der Waals surface area contributed by atoms with Gasteiger partial charge in [0, 0.05) is 16.8 Å². The highest BCUT2D eigenvalue weighted by Gasteiger charge is 2.19. The molecule has 1 unspecified atom stereocenters. The second kappa shape index (κ2) is 6.67. The van der Waals surface area contributed by atoms with Crippen molar-refractivity contribution in [3.63, 3.8) is 0 Å². The molecule has 1 aliphatic heterocycles. The summed E-state index contributed by atoms with van der Waals surface area (Å²) in [6.07, 6.45) is 2.76. The zero-order valence-electron chi connectivity index (χ0n) is 12.8. The first-order valence-electron chi connectivity index (χ1n) is 7.35. The predicted octanol–water partition coefficient (Wildman–Crippen LogP) is 3.98. The molecule has 1 atom stereocenters. The lowest BCUT2D eigenvalue weighted by molar-refractivity contribution is 0.0635. The number of carbonyl (C=O) groups is 1. The summed E-state index contributed by atoms with van der Waals surface area (Å²) >= 11 is 6.08. The average molecular weight is 311 g/mol. The Morgan fingerprint density at radius 2 is 2.24 bits per heavy atom. The molecule has 0 radical (unpaired) electrons. The van der Waals surface area contributed by atoms with Crippen LogP contribution in [0.5, 0.6) is 0 Å². The summed E-state index contributed by atoms with van der Waals surface area (Å²) in [4.78, 5) is 11.9. The van der Waals surface area contributed by atoms with Gasteiger partial charge in [-0.2, -0.15) is 0 Å². The van der Waals surface area contributed by atoms with Crippen molar-refractivity contribution >= 4 is 23.4 Å². The van der Waals surface area contributed by atoms with E-state index in [1.165, 1.54) is 6.42 Å². The molecule has 21 heavy (non-hydrogen) atoms. The van der Waals surface area contributed by atoms with Crippen molar-refractivity contribution in [1.82, 2.24) is 5.32 Å². The van der Waals surface area contributed by atoms with E-state index in [0.29, 0.717) is 11.1 Å². The monoisotopic (exact) mass is 310 g/mol. The Morgan fingerprint density at radius 3 is 2.86 bits per heavy atom. The van der Waals surface area contributed by atoms with Crippen LogP contribution in [0.2, 0.25) is 5.02 Å². The first-order valence-corrected chi connectivity index (χ1v) is 7.73. The molecule has 1 heterocycles. The Morgan fingerprint density at radius 1 is 1.48 bits per heavy atom. The molecule has 0 spiro atoms. The summed E-state index contributed by atoms with van der Waals surface area (Å²) in [5, 5.41) is 6.96.